The van der Waals surface area contributed by atoms with Gasteiger partial charge >= 0.3 is 0 Å². The van der Waals surface area contributed by atoms with Gasteiger partial charge in [0.25, 0.3) is 5.91 Å². The van der Waals surface area contributed by atoms with Crippen LogP contribution in [-0.4, -0.2) is 22.8 Å². The van der Waals surface area contributed by atoms with Crippen LogP contribution < -0.4 is 10.1 Å². The van der Waals surface area contributed by atoms with Gasteiger partial charge in [-0.2, -0.15) is 5.10 Å². The molecule has 0 aliphatic heterocycles. The number of carbonyl (C=O) groups excluding carboxylic acids is 1. The second-order valence-corrected chi connectivity index (χ2v) is 7.93. The predicted octanol–water partition coefficient (Wildman–Crippen LogP) is 5.66. The lowest BCUT2D eigenvalue weighted by Crippen LogP contribution is -2.28. The van der Waals surface area contributed by atoms with Crippen LogP contribution in [-0.2, 0) is 0 Å². The molecule has 32 heavy (non-hydrogen) atoms. The maximum Gasteiger partial charge on any atom is 0.270 e. The molecule has 1 amide bonds. The first kappa shape index (κ1) is 21.4. The van der Waals surface area contributed by atoms with E-state index in [0.717, 1.165) is 28.3 Å². The Kier molecular flexibility index (Phi) is 6.08. The summed E-state index contributed by atoms with van der Waals surface area (Å²) >= 11 is 0. The molecule has 0 aliphatic carbocycles. The average molecular weight is 426 g/mol. The van der Waals surface area contributed by atoms with E-state index in [1.165, 1.54) is 11.1 Å². The number of hydrogen-bond donors (Lipinski definition) is 1. The third-order valence-corrected chi connectivity index (χ3v) is 5.71. The Bertz CT molecular complexity index is 1230. The fraction of sp³-hybridized carbons (Fsp3) is 0.185. The van der Waals surface area contributed by atoms with Crippen molar-refractivity contribution in [2.24, 2.45) is 0 Å². The van der Waals surface area contributed by atoms with Gasteiger partial charge in [0.2, 0.25) is 0 Å². The molecule has 0 spiro atoms. The number of nitrogens with one attached hydrogen (secondary N) is 1. The second-order valence-electron chi connectivity index (χ2n) is 7.93. The number of carbonyl (C=O) groups is 1. The third kappa shape index (κ3) is 4.42. The summed E-state index contributed by atoms with van der Waals surface area (Å²) in [6.07, 6.45) is 0. The van der Waals surface area contributed by atoms with E-state index >= 15 is 0 Å². The lowest BCUT2D eigenvalue weighted by molar-refractivity contribution is 0.0932. The van der Waals surface area contributed by atoms with E-state index in [0.29, 0.717) is 5.69 Å². The first-order chi connectivity index (χ1) is 15.5. The Morgan fingerprint density at radius 2 is 1.66 bits per heavy atom. The Balaban J connectivity index is 1.73. The zero-order chi connectivity index (χ0) is 22.7. The van der Waals surface area contributed by atoms with Crippen LogP contribution in [0.25, 0.3) is 16.9 Å². The van der Waals surface area contributed by atoms with Crippen LogP contribution in [0.2, 0.25) is 0 Å². The number of hydrogen-bond acceptors (Lipinski definition) is 3. The summed E-state index contributed by atoms with van der Waals surface area (Å²) in [6, 6.07) is 25.4. The molecule has 1 heterocycles. The molecule has 4 rings (SSSR count). The van der Waals surface area contributed by atoms with Gasteiger partial charge in [-0.05, 0) is 73.9 Å². The zero-order valence-electron chi connectivity index (χ0n) is 18.8. The number of amides is 1. The van der Waals surface area contributed by atoms with Gasteiger partial charge in [0.15, 0.2) is 0 Å². The van der Waals surface area contributed by atoms with Crippen molar-refractivity contribution in [3.8, 4) is 22.7 Å². The summed E-state index contributed by atoms with van der Waals surface area (Å²) in [5.41, 5.74) is 6.45. The molecule has 0 aliphatic rings. The molecule has 162 valence electrons. The molecule has 0 radical (unpaired) electrons. The van der Waals surface area contributed by atoms with Crippen LogP contribution in [0, 0.1) is 13.8 Å². The van der Waals surface area contributed by atoms with E-state index in [1.54, 1.807) is 11.8 Å². The number of benzene rings is 3. The summed E-state index contributed by atoms with van der Waals surface area (Å²) in [6.45, 7) is 6.14. The SMILES string of the molecule is COc1ccc(-n2nc(-c3ccc(C)c(C)c3)cc2C(=O)N[C@@H](C)c2ccccc2)cc1. The highest BCUT2D eigenvalue weighted by Crippen LogP contribution is 2.25. The minimum atomic E-state index is -0.181. The van der Waals surface area contributed by atoms with E-state index in [-0.39, 0.29) is 11.9 Å². The van der Waals surface area contributed by atoms with Gasteiger partial charge in [0, 0.05) is 5.56 Å². The number of methoxy groups -OCH3 is 1. The van der Waals surface area contributed by atoms with E-state index in [1.807, 2.05) is 73.7 Å². The van der Waals surface area contributed by atoms with Gasteiger partial charge in [-0.1, -0.05) is 42.5 Å². The molecule has 1 aromatic heterocycles. The van der Waals surface area contributed by atoms with Crippen molar-refractivity contribution < 1.29 is 9.53 Å². The molecule has 5 nitrogen and oxygen atoms in total. The molecule has 0 bridgehead atoms. The summed E-state index contributed by atoms with van der Waals surface area (Å²) < 4.78 is 6.97. The monoisotopic (exact) mass is 425 g/mol. The zero-order valence-corrected chi connectivity index (χ0v) is 18.8. The van der Waals surface area contributed by atoms with Crippen molar-refractivity contribution in [1.29, 1.82) is 0 Å². The van der Waals surface area contributed by atoms with Gasteiger partial charge < -0.3 is 10.1 Å². The van der Waals surface area contributed by atoms with E-state index in [2.05, 4.69) is 31.3 Å². The molecule has 5 heteroatoms. The molecule has 0 fully saturated rings. The second kappa shape index (κ2) is 9.10. The molecule has 0 saturated heterocycles. The van der Waals surface area contributed by atoms with Gasteiger partial charge in [0.05, 0.1) is 24.5 Å². The Labute approximate surface area is 188 Å². The highest BCUT2D eigenvalue weighted by atomic mass is 16.5. The average Bonchev–Trinajstić information content (AvgIpc) is 3.27. The number of aryl methyl sites for hydroxylation is 2. The maximum atomic E-state index is 13.3. The van der Waals surface area contributed by atoms with Crippen molar-refractivity contribution in [2.75, 3.05) is 7.11 Å². The number of rotatable bonds is 6. The summed E-state index contributed by atoms with van der Waals surface area (Å²) in [7, 11) is 1.63. The van der Waals surface area contributed by atoms with E-state index in [9.17, 15) is 4.79 Å². The molecular weight excluding hydrogens is 398 g/mol. The molecule has 1 N–H and O–H groups in total. The summed E-state index contributed by atoms with van der Waals surface area (Å²) in [5.74, 6) is 0.568. The number of nitrogens with zero attached hydrogens (tertiary/aromatic N) is 2. The lowest BCUT2D eigenvalue weighted by atomic mass is 10.0. The largest absolute Gasteiger partial charge is 0.497 e. The predicted molar refractivity (Wildman–Crippen MR) is 127 cm³/mol. The van der Waals surface area contributed by atoms with Crippen LogP contribution in [0.15, 0.2) is 78.9 Å². The van der Waals surface area contributed by atoms with Crippen molar-refractivity contribution in [1.82, 2.24) is 15.1 Å². The molecule has 0 unspecified atom stereocenters. The standard InChI is InChI=1S/C27H27N3O2/c1-18-10-11-22(16-19(18)2)25-17-26(27(31)28-20(3)21-8-6-5-7-9-21)30(29-25)23-12-14-24(32-4)15-13-23/h5-17,20H,1-4H3,(H,28,31)/t20-/m0/s1. The van der Waals surface area contributed by atoms with Gasteiger partial charge in [-0.25, -0.2) is 4.68 Å². The highest BCUT2D eigenvalue weighted by Gasteiger charge is 2.20. The smallest absolute Gasteiger partial charge is 0.270 e. The van der Waals surface area contributed by atoms with E-state index < -0.39 is 0 Å². The van der Waals surface area contributed by atoms with Crippen LogP contribution in [0.3, 0.4) is 0 Å². The minimum absolute atomic E-state index is 0.131. The van der Waals surface area contributed by atoms with Crippen LogP contribution in [0.4, 0.5) is 0 Å². The van der Waals surface area contributed by atoms with E-state index in [4.69, 9.17) is 9.84 Å². The number of ether oxygens (including phenoxy) is 1. The van der Waals surface area contributed by atoms with Crippen LogP contribution in [0.5, 0.6) is 5.75 Å². The normalized spacial score (nSPS) is 11.8. The lowest BCUT2D eigenvalue weighted by Gasteiger charge is -2.15. The van der Waals surface area contributed by atoms with Gasteiger partial charge in [-0.3, -0.25) is 4.79 Å². The fourth-order valence-corrected chi connectivity index (χ4v) is 3.60. The van der Waals surface area contributed by atoms with Crippen molar-refractivity contribution >= 4 is 5.91 Å². The Morgan fingerprint density at radius 3 is 2.31 bits per heavy atom. The van der Waals surface area contributed by atoms with Gasteiger partial charge in [0.1, 0.15) is 11.4 Å². The molecule has 0 saturated carbocycles. The van der Waals surface area contributed by atoms with Crippen molar-refractivity contribution in [2.45, 2.75) is 26.8 Å². The fourth-order valence-electron chi connectivity index (χ4n) is 3.60. The maximum absolute atomic E-state index is 13.3. The van der Waals surface area contributed by atoms with Crippen LogP contribution >= 0.6 is 0 Å². The molecular formula is C27H27N3O2. The summed E-state index contributed by atoms with van der Waals surface area (Å²) in [5, 5.41) is 7.90. The Morgan fingerprint density at radius 1 is 0.938 bits per heavy atom. The highest BCUT2D eigenvalue weighted by molar-refractivity contribution is 5.94. The first-order valence-electron chi connectivity index (χ1n) is 10.6. The quantitative estimate of drug-likeness (QED) is 0.434. The molecule has 1 atom stereocenters. The van der Waals surface area contributed by atoms with Gasteiger partial charge in [-0.15, -0.1) is 0 Å². The van der Waals surface area contributed by atoms with Crippen molar-refractivity contribution in [3.05, 3.63) is 101 Å². The number of aromatic nitrogens is 2. The molecule has 4 aromatic rings. The van der Waals surface area contributed by atoms with Crippen LogP contribution in [0.1, 0.15) is 40.1 Å². The third-order valence-electron chi connectivity index (χ3n) is 5.71. The topological polar surface area (TPSA) is 56.2 Å². The summed E-state index contributed by atoms with van der Waals surface area (Å²) in [4.78, 5) is 13.3. The molecule has 3 aromatic carbocycles. The Hall–Kier alpha value is -3.86. The van der Waals surface area contributed by atoms with Crippen molar-refractivity contribution in [3.63, 3.8) is 0 Å². The minimum Gasteiger partial charge on any atom is -0.497 e. The first-order valence-corrected chi connectivity index (χ1v) is 10.6.